The molecule has 0 spiro atoms. The second kappa shape index (κ2) is 4.18. The van der Waals surface area contributed by atoms with Gasteiger partial charge < -0.3 is 5.73 Å². The zero-order chi connectivity index (χ0) is 12.7. The molecule has 0 saturated carbocycles. The number of nitrogen functional groups attached to an aromatic ring is 1. The summed E-state index contributed by atoms with van der Waals surface area (Å²) >= 11 is 3.51. The van der Waals surface area contributed by atoms with Crippen molar-refractivity contribution in [1.82, 2.24) is 19.6 Å². The van der Waals surface area contributed by atoms with E-state index in [4.69, 9.17) is 5.73 Å². The highest BCUT2D eigenvalue weighted by Crippen LogP contribution is 2.21. The first-order valence-electron chi connectivity index (χ1n) is 5.40. The van der Waals surface area contributed by atoms with E-state index < -0.39 is 0 Å². The molecule has 2 aromatic heterocycles. The van der Waals surface area contributed by atoms with Crippen LogP contribution in [0.2, 0.25) is 0 Å². The van der Waals surface area contributed by atoms with Crippen LogP contribution in [-0.4, -0.2) is 19.6 Å². The first kappa shape index (κ1) is 12.2. The molecule has 0 radical (unpaired) electrons. The second-order valence-corrected chi connectivity index (χ2v) is 5.00. The molecule has 0 aliphatic rings. The van der Waals surface area contributed by atoms with Gasteiger partial charge in [-0.1, -0.05) is 0 Å². The van der Waals surface area contributed by atoms with Crippen molar-refractivity contribution in [1.29, 1.82) is 0 Å². The van der Waals surface area contributed by atoms with Crippen molar-refractivity contribution in [3.63, 3.8) is 0 Å². The summed E-state index contributed by atoms with van der Waals surface area (Å²) in [4.78, 5) is 0. The lowest BCUT2D eigenvalue weighted by Crippen LogP contribution is -2.13. The summed E-state index contributed by atoms with van der Waals surface area (Å²) in [5.41, 5.74) is 10.6. The molecule has 0 fully saturated rings. The molecule has 17 heavy (non-hydrogen) atoms. The molecule has 0 bridgehead atoms. The van der Waals surface area contributed by atoms with E-state index >= 15 is 0 Å². The van der Waals surface area contributed by atoms with Crippen LogP contribution >= 0.6 is 15.9 Å². The Morgan fingerprint density at radius 3 is 1.94 bits per heavy atom. The van der Waals surface area contributed by atoms with E-state index in [1.807, 2.05) is 37.1 Å². The van der Waals surface area contributed by atoms with Crippen molar-refractivity contribution in [2.45, 2.75) is 34.4 Å². The number of rotatable bonds is 2. The van der Waals surface area contributed by atoms with E-state index in [0.717, 1.165) is 32.9 Å². The highest BCUT2D eigenvalue weighted by molar-refractivity contribution is 9.10. The quantitative estimate of drug-likeness (QED) is 0.924. The first-order valence-corrected chi connectivity index (χ1v) is 6.20. The van der Waals surface area contributed by atoms with Crippen LogP contribution < -0.4 is 5.73 Å². The summed E-state index contributed by atoms with van der Waals surface area (Å²) in [6.45, 7) is 8.47. The number of hydrogen-bond acceptors (Lipinski definition) is 3. The smallest absolute Gasteiger partial charge is 0.133 e. The van der Waals surface area contributed by atoms with Crippen LogP contribution in [0.3, 0.4) is 0 Å². The van der Waals surface area contributed by atoms with E-state index in [9.17, 15) is 0 Å². The van der Waals surface area contributed by atoms with Crippen molar-refractivity contribution in [3.8, 4) is 0 Å². The van der Waals surface area contributed by atoms with E-state index in [1.165, 1.54) is 0 Å². The molecular weight excluding hydrogens is 282 g/mol. The fraction of sp³-hybridized carbons (Fsp3) is 0.455. The SMILES string of the molecule is Cc1nn(Cn2nc(C)c(Br)c2C)c(C)c1N. The van der Waals surface area contributed by atoms with Crippen LogP contribution in [-0.2, 0) is 6.67 Å². The topological polar surface area (TPSA) is 61.7 Å². The van der Waals surface area contributed by atoms with Crippen molar-refractivity contribution >= 4 is 21.6 Å². The Labute approximate surface area is 109 Å². The van der Waals surface area contributed by atoms with Crippen molar-refractivity contribution in [2.75, 3.05) is 5.73 Å². The van der Waals surface area contributed by atoms with Crippen LogP contribution in [0.15, 0.2) is 4.47 Å². The Morgan fingerprint density at radius 1 is 1.00 bits per heavy atom. The third-order valence-electron chi connectivity index (χ3n) is 3.00. The monoisotopic (exact) mass is 297 g/mol. The zero-order valence-corrected chi connectivity index (χ0v) is 12.0. The van der Waals surface area contributed by atoms with Gasteiger partial charge in [-0.25, -0.2) is 9.36 Å². The number of hydrogen-bond donors (Lipinski definition) is 1. The molecule has 5 nitrogen and oxygen atoms in total. The average molecular weight is 298 g/mol. The standard InChI is InChI=1S/C11H16BrN5/c1-6-10(12)8(3)16(14-6)5-17-9(4)11(13)7(2)15-17/h5,13H2,1-4H3. The van der Waals surface area contributed by atoms with Crippen LogP contribution in [0, 0.1) is 27.7 Å². The van der Waals surface area contributed by atoms with E-state index in [-0.39, 0.29) is 0 Å². The lowest BCUT2D eigenvalue weighted by molar-refractivity contribution is 0.480. The Morgan fingerprint density at radius 2 is 1.53 bits per heavy atom. The first-order chi connectivity index (χ1) is 7.91. The predicted octanol–water partition coefficient (Wildman–Crippen LogP) is 2.16. The summed E-state index contributed by atoms with van der Waals surface area (Å²) in [6.07, 6.45) is 0. The number of aromatic nitrogens is 4. The molecule has 0 aliphatic carbocycles. The summed E-state index contributed by atoms with van der Waals surface area (Å²) in [5.74, 6) is 0. The van der Waals surface area contributed by atoms with Gasteiger partial charge in [0.25, 0.3) is 0 Å². The molecule has 0 saturated heterocycles. The number of nitrogens with zero attached hydrogens (tertiary/aromatic N) is 4. The van der Waals surface area contributed by atoms with Gasteiger partial charge in [0.1, 0.15) is 6.67 Å². The van der Waals surface area contributed by atoms with Crippen molar-refractivity contribution < 1.29 is 0 Å². The third kappa shape index (κ3) is 1.97. The molecule has 6 heteroatoms. The second-order valence-electron chi connectivity index (χ2n) is 4.21. The highest BCUT2D eigenvalue weighted by atomic mass is 79.9. The van der Waals surface area contributed by atoms with Crippen LogP contribution in [0.1, 0.15) is 22.8 Å². The van der Waals surface area contributed by atoms with Gasteiger partial charge in [0.05, 0.1) is 32.9 Å². The minimum atomic E-state index is 0.585. The van der Waals surface area contributed by atoms with Crippen LogP contribution in [0.25, 0.3) is 0 Å². The van der Waals surface area contributed by atoms with Gasteiger partial charge in [0.15, 0.2) is 0 Å². The van der Waals surface area contributed by atoms with Gasteiger partial charge in [-0.2, -0.15) is 10.2 Å². The zero-order valence-electron chi connectivity index (χ0n) is 10.5. The Kier molecular flexibility index (Phi) is 2.99. The highest BCUT2D eigenvalue weighted by Gasteiger charge is 2.12. The van der Waals surface area contributed by atoms with Gasteiger partial charge >= 0.3 is 0 Å². The van der Waals surface area contributed by atoms with Gasteiger partial charge in [-0.15, -0.1) is 0 Å². The molecule has 2 heterocycles. The molecule has 2 aromatic rings. The molecule has 0 atom stereocenters. The fourth-order valence-corrected chi connectivity index (χ4v) is 2.07. The third-order valence-corrected chi connectivity index (χ3v) is 4.15. The van der Waals surface area contributed by atoms with E-state index in [2.05, 4.69) is 26.1 Å². The fourth-order valence-electron chi connectivity index (χ4n) is 1.79. The lowest BCUT2D eigenvalue weighted by atomic mass is 10.3. The maximum Gasteiger partial charge on any atom is 0.133 e. The maximum atomic E-state index is 5.91. The Hall–Kier alpha value is -1.30. The molecular formula is C11H16BrN5. The van der Waals surface area contributed by atoms with Crippen molar-refractivity contribution in [3.05, 3.63) is 27.2 Å². The van der Waals surface area contributed by atoms with Gasteiger partial charge in [-0.3, -0.25) is 0 Å². The normalized spacial score (nSPS) is 11.1. The van der Waals surface area contributed by atoms with E-state index in [1.54, 1.807) is 0 Å². The minimum absolute atomic E-state index is 0.585. The van der Waals surface area contributed by atoms with Crippen LogP contribution in [0.5, 0.6) is 0 Å². The largest absolute Gasteiger partial charge is 0.396 e. The summed E-state index contributed by atoms with van der Waals surface area (Å²) in [7, 11) is 0. The molecule has 2 rings (SSSR count). The molecule has 0 aromatic carbocycles. The molecule has 0 amide bonds. The van der Waals surface area contributed by atoms with E-state index in [0.29, 0.717) is 6.67 Å². The predicted molar refractivity (Wildman–Crippen MR) is 70.9 cm³/mol. The summed E-state index contributed by atoms with van der Waals surface area (Å²) in [5, 5.41) is 8.85. The summed E-state index contributed by atoms with van der Waals surface area (Å²) in [6, 6.07) is 0. The Bertz CT molecular complexity index is 517. The number of halogens is 1. The minimum Gasteiger partial charge on any atom is -0.396 e. The van der Waals surface area contributed by atoms with Crippen molar-refractivity contribution in [2.24, 2.45) is 0 Å². The average Bonchev–Trinajstić information content (AvgIpc) is 2.66. The number of aryl methyl sites for hydroxylation is 2. The van der Waals surface area contributed by atoms with Gasteiger partial charge in [0.2, 0.25) is 0 Å². The Balaban J connectivity index is 2.38. The van der Waals surface area contributed by atoms with Gasteiger partial charge in [-0.05, 0) is 43.6 Å². The lowest BCUT2D eigenvalue weighted by Gasteiger charge is -2.06. The maximum absolute atomic E-state index is 5.91. The number of anilines is 1. The van der Waals surface area contributed by atoms with Crippen LogP contribution in [0.4, 0.5) is 5.69 Å². The summed E-state index contributed by atoms with van der Waals surface area (Å²) < 4.78 is 4.83. The molecule has 0 aliphatic heterocycles. The molecule has 0 unspecified atom stereocenters. The molecule has 2 N–H and O–H groups in total. The molecule has 92 valence electrons. The number of nitrogens with two attached hydrogens (primary N) is 1. The van der Waals surface area contributed by atoms with Gasteiger partial charge in [0, 0.05) is 0 Å².